The van der Waals surface area contributed by atoms with E-state index in [0.29, 0.717) is 12.1 Å². The van der Waals surface area contributed by atoms with E-state index in [0.717, 1.165) is 11.8 Å². The maximum Gasteiger partial charge on any atom is 0.217 e. The van der Waals surface area contributed by atoms with Crippen LogP contribution in [0, 0.1) is 0 Å². The van der Waals surface area contributed by atoms with Gasteiger partial charge in [-0.3, -0.25) is 14.6 Å². The molecular formula is C9H10N2O2. The number of pyridine rings is 1. The lowest BCUT2D eigenvalue weighted by Gasteiger charge is -2.01. The Morgan fingerprint density at radius 3 is 3.00 bits per heavy atom. The summed E-state index contributed by atoms with van der Waals surface area (Å²) in [6.07, 6.45) is 3.82. The molecule has 0 unspecified atom stereocenters. The number of rotatable bonds is 3. The zero-order valence-corrected chi connectivity index (χ0v) is 7.28. The number of carbonyl (C=O) groups excluding carboxylic acids is 2. The summed E-state index contributed by atoms with van der Waals surface area (Å²) in [6, 6.07) is 1.69. The summed E-state index contributed by atoms with van der Waals surface area (Å²) in [4.78, 5) is 24.8. The number of carbonyl (C=O) groups is 2. The van der Waals surface area contributed by atoms with E-state index in [-0.39, 0.29) is 5.91 Å². The molecule has 0 atom stereocenters. The Kier molecular flexibility index (Phi) is 3.14. The Morgan fingerprint density at radius 2 is 2.38 bits per heavy atom. The highest BCUT2D eigenvalue weighted by molar-refractivity contribution is 5.75. The number of nitrogens with one attached hydrogen (secondary N) is 1. The van der Waals surface area contributed by atoms with E-state index in [4.69, 9.17) is 0 Å². The predicted molar refractivity (Wildman–Crippen MR) is 47.1 cm³/mol. The number of nitrogens with zero attached hydrogens (tertiary/aromatic N) is 1. The molecule has 0 aromatic carbocycles. The third kappa shape index (κ3) is 3.02. The van der Waals surface area contributed by atoms with Crippen LogP contribution in [-0.4, -0.2) is 17.2 Å². The Balaban J connectivity index is 2.66. The third-order valence-corrected chi connectivity index (χ3v) is 1.49. The van der Waals surface area contributed by atoms with Crippen LogP contribution >= 0.6 is 0 Å². The van der Waals surface area contributed by atoms with E-state index in [1.807, 2.05) is 0 Å². The van der Waals surface area contributed by atoms with Gasteiger partial charge in [-0.1, -0.05) is 0 Å². The molecule has 0 aliphatic carbocycles. The van der Waals surface area contributed by atoms with Crippen LogP contribution in [-0.2, 0) is 11.3 Å². The van der Waals surface area contributed by atoms with Gasteiger partial charge in [-0.15, -0.1) is 0 Å². The molecule has 4 nitrogen and oxygen atoms in total. The van der Waals surface area contributed by atoms with Crippen LogP contribution in [0.2, 0.25) is 0 Å². The molecule has 0 bridgehead atoms. The van der Waals surface area contributed by atoms with Gasteiger partial charge >= 0.3 is 0 Å². The highest BCUT2D eigenvalue weighted by Gasteiger charge is 1.96. The molecular weight excluding hydrogens is 168 g/mol. The molecule has 0 saturated carbocycles. The Morgan fingerprint density at radius 1 is 1.62 bits per heavy atom. The minimum Gasteiger partial charge on any atom is -0.352 e. The quantitative estimate of drug-likeness (QED) is 0.687. The van der Waals surface area contributed by atoms with E-state index < -0.39 is 0 Å². The largest absolute Gasteiger partial charge is 0.352 e. The fraction of sp³-hybridized carbons (Fsp3) is 0.222. The van der Waals surface area contributed by atoms with Crippen LogP contribution in [0.4, 0.5) is 0 Å². The highest BCUT2D eigenvalue weighted by Crippen LogP contribution is 1.99. The standard InChI is InChI=1S/C9H10N2O2/c1-7(13)11-5-8-2-9(6-12)4-10-3-8/h2-4,6H,5H2,1H3,(H,11,13). The topological polar surface area (TPSA) is 59.1 Å². The van der Waals surface area contributed by atoms with Crippen molar-refractivity contribution in [1.82, 2.24) is 10.3 Å². The second-order valence-electron chi connectivity index (χ2n) is 2.65. The van der Waals surface area contributed by atoms with Crippen molar-refractivity contribution in [3.63, 3.8) is 0 Å². The molecule has 1 amide bonds. The smallest absolute Gasteiger partial charge is 0.217 e. The molecule has 0 radical (unpaired) electrons. The number of aldehydes is 1. The Bertz CT molecular complexity index is 323. The van der Waals surface area contributed by atoms with Crippen LogP contribution in [0.15, 0.2) is 18.5 Å². The maximum absolute atomic E-state index is 10.6. The van der Waals surface area contributed by atoms with Gasteiger partial charge in [0.15, 0.2) is 6.29 Å². The van der Waals surface area contributed by atoms with Crippen LogP contribution in [0.25, 0.3) is 0 Å². The van der Waals surface area contributed by atoms with Gasteiger partial charge in [0, 0.05) is 31.4 Å². The fourth-order valence-corrected chi connectivity index (χ4v) is 0.895. The van der Waals surface area contributed by atoms with Crippen molar-refractivity contribution in [2.75, 3.05) is 0 Å². The lowest BCUT2D eigenvalue weighted by atomic mass is 10.2. The number of amides is 1. The first-order valence-corrected chi connectivity index (χ1v) is 3.86. The van der Waals surface area contributed by atoms with E-state index in [9.17, 15) is 9.59 Å². The summed E-state index contributed by atoms with van der Waals surface area (Å²) in [6.45, 7) is 1.85. The van der Waals surface area contributed by atoms with Crippen molar-refractivity contribution in [3.05, 3.63) is 29.6 Å². The fourth-order valence-electron chi connectivity index (χ4n) is 0.895. The molecule has 13 heavy (non-hydrogen) atoms. The van der Waals surface area contributed by atoms with Gasteiger partial charge in [0.25, 0.3) is 0 Å². The minimum absolute atomic E-state index is 0.100. The lowest BCUT2D eigenvalue weighted by molar-refractivity contribution is -0.119. The molecule has 68 valence electrons. The first kappa shape index (κ1) is 9.38. The molecule has 0 spiro atoms. The molecule has 1 rings (SSSR count). The zero-order valence-electron chi connectivity index (χ0n) is 7.28. The summed E-state index contributed by atoms with van der Waals surface area (Å²) >= 11 is 0. The van der Waals surface area contributed by atoms with E-state index in [2.05, 4.69) is 10.3 Å². The molecule has 1 aromatic heterocycles. The van der Waals surface area contributed by atoms with Crippen LogP contribution in [0.5, 0.6) is 0 Å². The molecule has 1 aromatic rings. The second kappa shape index (κ2) is 4.35. The molecule has 0 aliphatic heterocycles. The summed E-state index contributed by atoms with van der Waals surface area (Å²) in [7, 11) is 0. The third-order valence-electron chi connectivity index (χ3n) is 1.49. The monoisotopic (exact) mass is 178 g/mol. The van der Waals surface area contributed by atoms with Gasteiger partial charge in [0.2, 0.25) is 5.91 Å². The van der Waals surface area contributed by atoms with Gasteiger partial charge in [-0.2, -0.15) is 0 Å². The van der Waals surface area contributed by atoms with Crippen LogP contribution < -0.4 is 5.32 Å². The SMILES string of the molecule is CC(=O)NCc1cncc(C=O)c1. The summed E-state index contributed by atoms with van der Waals surface area (Å²) in [5.41, 5.74) is 1.34. The van der Waals surface area contributed by atoms with Crippen molar-refractivity contribution < 1.29 is 9.59 Å². The first-order chi connectivity index (χ1) is 6.22. The van der Waals surface area contributed by atoms with E-state index in [1.54, 1.807) is 12.3 Å². The molecule has 1 heterocycles. The van der Waals surface area contributed by atoms with Crippen LogP contribution in [0.1, 0.15) is 22.8 Å². The molecule has 0 saturated heterocycles. The van der Waals surface area contributed by atoms with Gasteiger partial charge in [0.05, 0.1) is 0 Å². The summed E-state index contributed by atoms with van der Waals surface area (Å²) in [5.74, 6) is -0.100. The molecule has 1 N–H and O–H groups in total. The Labute approximate surface area is 76.0 Å². The van der Waals surface area contributed by atoms with Crippen LogP contribution in [0.3, 0.4) is 0 Å². The van der Waals surface area contributed by atoms with Gasteiger partial charge < -0.3 is 5.32 Å². The van der Waals surface area contributed by atoms with E-state index in [1.165, 1.54) is 13.1 Å². The van der Waals surface area contributed by atoms with Crippen molar-refractivity contribution in [2.45, 2.75) is 13.5 Å². The normalized spacial score (nSPS) is 9.31. The average Bonchev–Trinajstić information content (AvgIpc) is 2.15. The lowest BCUT2D eigenvalue weighted by Crippen LogP contribution is -2.19. The van der Waals surface area contributed by atoms with Crippen molar-refractivity contribution in [2.24, 2.45) is 0 Å². The molecule has 0 fully saturated rings. The van der Waals surface area contributed by atoms with Gasteiger partial charge in [-0.05, 0) is 11.6 Å². The minimum atomic E-state index is -0.100. The number of hydrogen-bond donors (Lipinski definition) is 1. The number of aromatic nitrogens is 1. The number of hydrogen-bond acceptors (Lipinski definition) is 3. The van der Waals surface area contributed by atoms with Crippen molar-refractivity contribution in [3.8, 4) is 0 Å². The summed E-state index contributed by atoms with van der Waals surface area (Å²) < 4.78 is 0. The summed E-state index contributed by atoms with van der Waals surface area (Å²) in [5, 5.41) is 2.62. The molecule has 4 heteroatoms. The zero-order chi connectivity index (χ0) is 9.68. The first-order valence-electron chi connectivity index (χ1n) is 3.86. The highest BCUT2D eigenvalue weighted by atomic mass is 16.1. The van der Waals surface area contributed by atoms with Crippen molar-refractivity contribution in [1.29, 1.82) is 0 Å². The van der Waals surface area contributed by atoms with Gasteiger partial charge in [0.1, 0.15) is 0 Å². The molecule has 0 aliphatic rings. The van der Waals surface area contributed by atoms with Crippen molar-refractivity contribution >= 4 is 12.2 Å². The predicted octanol–water partition coefficient (Wildman–Crippen LogP) is 0.530. The van der Waals surface area contributed by atoms with Gasteiger partial charge in [-0.25, -0.2) is 0 Å². The van der Waals surface area contributed by atoms with E-state index >= 15 is 0 Å². The second-order valence-corrected chi connectivity index (χ2v) is 2.65. The average molecular weight is 178 g/mol. The maximum atomic E-state index is 10.6. The Hall–Kier alpha value is -1.71.